The van der Waals surface area contributed by atoms with Gasteiger partial charge in [0.05, 0.1) is 24.5 Å². The number of hydrogen-bond acceptors (Lipinski definition) is 5. The lowest BCUT2D eigenvalue weighted by Crippen LogP contribution is -2.39. The van der Waals surface area contributed by atoms with Gasteiger partial charge in [-0.3, -0.25) is 14.7 Å². The number of benzene rings is 1. The van der Waals surface area contributed by atoms with Gasteiger partial charge in [0, 0.05) is 44.3 Å². The van der Waals surface area contributed by atoms with Gasteiger partial charge in [0.2, 0.25) is 0 Å². The third kappa shape index (κ3) is 5.28. The molecule has 6 heteroatoms. The maximum absolute atomic E-state index is 12.4. The van der Waals surface area contributed by atoms with Crippen molar-refractivity contribution in [2.24, 2.45) is 0 Å². The summed E-state index contributed by atoms with van der Waals surface area (Å²) in [6.45, 7) is 7.41. The molecule has 138 valence electrons. The summed E-state index contributed by atoms with van der Waals surface area (Å²) in [4.78, 5) is 19.0. The Balaban J connectivity index is 1.52. The Hall–Kier alpha value is -2.44. The number of nitrogens with zero attached hydrogens (tertiary/aromatic N) is 2. The molecule has 1 saturated heterocycles. The van der Waals surface area contributed by atoms with E-state index in [0.717, 1.165) is 57.2 Å². The monoisotopic (exact) mass is 354 g/mol. The van der Waals surface area contributed by atoms with Crippen LogP contribution >= 0.6 is 0 Å². The minimum atomic E-state index is -0.154. The van der Waals surface area contributed by atoms with E-state index in [4.69, 9.17) is 4.74 Å². The van der Waals surface area contributed by atoms with Gasteiger partial charge in [-0.1, -0.05) is 19.1 Å². The van der Waals surface area contributed by atoms with Crippen LogP contribution in [-0.2, 0) is 11.2 Å². The van der Waals surface area contributed by atoms with Crippen molar-refractivity contribution in [2.45, 2.75) is 13.3 Å². The lowest BCUT2D eigenvalue weighted by atomic mass is 10.1. The third-order valence-electron chi connectivity index (χ3n) is 4.48. The number of aryl methyl sites for hydroxylation is 1. The molecule has 1 aromatic carbocycles. The predicted octanol–water partition coefficient (Wildman–Crippen LogP) is 2.64. The number of carbonyl (C=O) groups excluding carboxylic acids is 1. The average molecular weight is 354 g/mol. The molecule has 0 bridgehead atoms. The zero-order valence-electron chi connectivity index (χ0n) is 15.2. The van der Waals surface area contributed by atoms with Crippen molar-refractivity contribution in [3.8, 4) is 0 Å². The van der Waals surface area contributed by atoms with Gasteiger partial charge < -0.3 is 15.4 Å². The summed E-state index contributed by atoms with van der Waals surface area (Å²) in [5.41, 5.74) is 3.43. The lowest BCUT2D eigenvalue weighted by Gasteiger charge is -2.26. The minimum absolute atomic E-state index is 0.154. The number of amides is 1. The highest BCUT2D eigenvalue weighted by atomic mass is 16.5. The number of carbonyl (C=O) groups is 1. The van der Waals surface area contributed by atoms with Gasteiger partial charge in [0.25, 0.3) is 5.91 Å². The van der Waals surface area contributed by atoms with E-state index in [1.807, 2.05) is 30.3 Å². The molecule has 0 radical (unpaired) electrons. The topological polar surface area (TPSA) is 66.5 Å². The van der Waals surface area contributed by atoms with Crippen LogP contribution in [0.2, 0.25) is 0 Å². The second-order valence-corrected chi connectivity index (χ2v) is 6.35. The van der Waals surface area contributed by atoms with Gasteiger partial charge >= 0.3 is 0 Å². The van der Waals surface area contributed by atoms with Crippen LogP contribution in [0, 0.1) is 0 Å². The number of pyridine rings is 1. The van der Waals surface area contributed by atoms with Crippen LogP contribution in [0.1, 0.15) is 22.8 Å². The molecule has 1 fully saturated rings. The standard InChI is InChI=1S/C20H26N4O2/c1-2-16-3-5-18(6-4-16)23-20(25)17-13-19(15-21-14-17)22-7-8-24-9-11-26-12-10-24/h3-6,13-15,22H,2,7-12H2,1H3,(H,23,25). The second-order valence-electron chi connectivity index (χ2n) is 6.35. The first-order valence-corrected chi connectivity index (χ1v) is 9.14. The Morgan fingerprint density at radius 1 is 1.15 bits per heavy atom. The maximum Gasteiger partial charge on any atom is 0.257 e. The van der Waals surface area contributed by atoms with Crippen molar-refractivity contribution in [2.75, 3.05) is 50.0 Å². The van der Waals surface area contributed by atoms with Crippen molar-refractivity contribution in [3.05, 3.63) is 53.9 Å². The molecule has 2 N–H and O–H groups in total. The molecule has 6 nitrogen and oxygen atoms in total. The van der Waals surface area contributed by atoms with Crippen LogP contribution in [0.25, 0.3) is 0 Å². The van der Waals surface area contributed by atoms with Crippen molar-refractivity contribution >= 4 is 17.3 Å². The zero-order chi connectivity index (χ0) is 18.2. The van der Waals surface area contributed by atoms with Crippen molar-refractivity contribution < 1.29 is 9.53 Å². The second kappa shape index (κ2) is 9.31. The van der Waals surface area contributed by atoms with Gasteiger partial charge in [-0.05, 0) is 30.2 Å². The number of aromatic nitrogens is 1. The summed E-state index contributed by atoms with van der Waals surface area (Å²) in [6, 6.07) is 9.74. The summed E-state index contributed by atoms with van der Waals surface area (Å²) < 4.78 is 5.35. The van der Waals surface area contributed by atoms with E-state index in [2.05, 4.69) is 27.4 Å². The normalized spacial score (nSPS) is 14.8. The van der Waals surface area contributed by atoms with Gasteiger partial charge in [-0.25, -0.2) is 0 Å². The maximum atomic E-state index is 12.4. The van der Waals surface area contributed by atoms with Crippen LogP contribution in [-0.4, -0.2) is 55.2 Å². The summed E-state index contributed by atoms with van der Waals surface area (Å²) >= 11 is 0. The van der Waals surface area contributed by atoms with Crippen LogP contribution in [0.4, 0.5) is 11.4 Å². The number of anilines is 2. The smallest absolute Gasteiger partial charge is 0.257 e. The van der Waals surface area contributed by atoms with Crippen LogP contribution in [0.5, 0.6) is 0 Å². The predicted molar refractivity (Wildman–Crippen MR) is 104 cm³/mol. The molecule has 2 heterocycles. The molecule has 0 spiro atoms. The summed E-state index contributed by atoms with van der Waals surface area (Å²) in [7, 11) is 0. The van der Waals surface area contributed by atoms with Crippen molar-refractivity contribution in [1.29, 1.82) is 0 Å². The fourth-order valence-corrected chi connectivity index (χ4v) is 2.87. The molecule has 3 rings (SSSR count). The number of hydrogen-bond donors (Lipinski definition) is 2. The molecule has 2 aromatic rings. The highest BCUT2D eigenvalue weighted by Gasteiger charge is 2.10. The quantitative estimate of drug-likeness (QED) is 0.800. The Morgan fingerprint density at radius 3 is 2.65 bits per heavy atom. The zero-order valence-corrected chi connectivity index (χ0v) is 15.2. The number of rotatable bonds is 7. The number of nitrogens with one attached hydrogen (secondary N) is 2. The van der Waals surface area contributed by atoms with E-state index in [-0.39, 0.29) is 5.91 Å². The highest BCUT2D eigenvalue weighted by molar-refractivity contribution is 6.04. The molecule has 1 amide bonds. The minimum Gasteiger partial charge on any atom is -0.382 e. The van der Waals surface area contributed by atoms with Crippen LogP contribution < -0.4 is 10.6 Å². The first-order chi connectivity index (χ1) is 12.7. The third-order valence-corrected chi connectivity index (χ3v) is 4.48. The summed E-state index contributed by atoms with van der Waals surface area (Å²) in [6.07, 6.45) is 4.31. The van der Waals surface area contributed by atoms with E-state index < -0.39 is 0 Å². The largest absolute Gasteiger partial charge is 0.382 e. The molecule has 0 atom stereocenters. The number of ether oxygens (including phenoxy) is 1. The Morgan fingerprint density at radius 2 is 1.92 bits per heavy atom. The molecule has 1 aliphatic heterocycles. The molecule has 1 aromatic heterocycles. The fourth-order valence-electron chi connectivity index (χ4n) is 2.87. The molecule has 0 unspecified atom stereocenters. The van der Waals surface area contributed by atoms with Crippen molar-refractivity contribution in [1.82, 2.24) is 9.88 Å². The van der Waals surface area contributed by atoms with Gasteiger partial charge in [0.1, 0.15) is 0 Å². The lowest BCUT2D eigenvalue weighted by molar-refractivity contribution is 0.0398. The Labute approximate surface area is 154 Å². The summed E-state index contributed by atoms with van der Waals surface area (Å²) in [5, 5.41) is 6.26. The molecular weight excluding hydrogens is 328 g/mol. The van der Waals surface area contributed by atoms with E-state index >= 15 is 0 Å². The van der Waals surface area contributed by atoms with E-state index in [1.165, 1.54) is 5.56 Å². The van der Waals surface area contributed by atoms with Gasteiger partial charge in [0.15, 0.2) is 0 Å². The fraction of sp³-hybridized carbons (Fsp3) is 0.400. The van der Waals surface area contributed by atoms with Crippen molar-refractivity contribution in [3.63, 3.8) is 0 Å². The SMILES string of the molecule is CCc1ccc(NC(=O)c2cncc(NCCN3CCOCC3)c2)cc1. The summed E-state index contributed by atoms with van der Waals surface area (Å²) in [5.74, 6) is -0.154. The molecular formula is C20H26N4O2. The molecule has 0 saturated carbocycles. The van der Waals surface area contributed by atoms with Gasteiger partial charge in [-0.15, -0.1) is 0 Å². The highest BCUT2D eigenvalue weighted by Crippen LogP contribution is 2.13. The molecule has 0 aliphatic carbocycles. The van der Waals surface area contributed by atoms with Crippen LogP contribution in [0.3, 0.4) is 0 Å². The number of morpholine rings is 1. The first-order valence-electron chi connectivity index (χ1n) is 9.14. The van der Waals surface area contributed by atoms with E-state index in [9.17, 15) is 4.79 Å². The first kappa shape index (κ1) is 18.4. The van der Waals surface area contributed by atoms with E-state index in [0.29, 0.717) is 5.56 Å². The molecule has 1 aliphatic rings. The van der Waals surface area contributed by atoms with Gasteiger partial charge in [-0.2, -0.15) is 0 Å². The Bertz CT molecular complexity index is 712. The molecule has 26 heavy (non-hydrogen) atoms. The van der Waals surface area contributed by atoms with Crippen LogP contribution in [0.15, 0.2) is 42.7 Å². The average Bonchev–Trinajstić information content (AvgIpc) is 2.69. The Kier molecular flexibility index (Phi) is 6.57. The van der Waals surface area contributed by atoms with E-state index in [1.54, 1.807) is 12.4 Å².